The maximum absolute atomic E-state index is 12.0. The van der Waals surface area contributed by atoms with Crippen LogP contribution in [0.15, 0.2) is 48.5 Å². The second-order valence-electron chi connectivity index (χ2n) is 4.68. The summed E-state index contributed by atoms with van der Waals surface area (Å²) in [6.07, 6.45) is 0.965. The van der Waals surface area contributed by atoms with E-state index in [1.165, 1.54) is 5.56 Å². The number of hydrogen-bond donors (Lipinski definition) is 1. The molecule has 0 aromatic heterocycles. The summed E-state index contributed by atoms with van der Waals surface area (Å²) in [5, 5.41) is 3.63. The monoisotopic (exact) mass is 381 g/mol. The fraction of sp³-hybridized carbons (Fsp3) is 0.176. The topological polar surface area (TPSA) is 46.2 Å². The van der Waals surface area contributed by atoms with Crippen LogP contribution in [0.1, 0.15) is 22.8 Å². The molecule has 2 rings (SSSR count). The number of nitrogens with one attached hydrogen (secondary N) is 1. The SMILES string of the molecule is CCc1ccc(NC(=O)C[Se]C(=O)c2ccc(Cl)cc2)cc1. The molecule has 2 aromatic carbocycles. The second-order valence-corrected chi connectivity index (χ2v) is 7.11. The standard InChI is InChI=1S/C17H16ClNO2Se/c1-2-12-3-9-15(10-4-12)19-16(20)11-22-17(21)13-5-7-14(18)8-6-13/h3-10H,2,11H2,1H3,(H,19,20). The summed E-state index contributed by atoms with van der Waals surface area (Å²) in [5.41, 5.74) is 2.58. The number of aryl methyl sites for hydroxylation is 1. The molecule has 0 radical (unpaired) electrons. The van der Waals surface area contributed by atoms with Crippen LogP contribution in [0.25, 0.3) is 0 Å². The first-order valence-electron chi connectivity index (χ1n) is 6.90. The van der Waals surface area contributed by atoms with E-state index in [0.717, 1.165) is 12.1 Å². The van der Waals surface area contributed by atoms with Gasteiger partial charge < -0.3 is 0 Å². The van der Waals surface area contributed by atoms with E-state index in [2.05, 4.69) is 12.2 Å². The van der Waals surface area contributed by atoms with Crippen LogP contribution >= 0.6 is 11.6 Å². The van der Waals surface area contributed by atoms with Gasteiger partial charge in [-0.3, -0.25) is 0 Å². The molecule has 2 aromatic rings. The Morgan fingerprint density at radius 2 is 1.68 bits per heavy atom. The first-order valence-corrected chi connectivity index (χ1v) is 9.34. The molecule has 0 bridgehead atoms. The number of anilines is 1. The molecule has 0 spiro atoms. The van der Waals surface area contributed by atoms with E-state index < -0.39 is 15.0 Å². The summed E-state index contributed by atoms with van der Waals surface area (Å²) in [5.74, 6) is -0.133. The van der Waals surface area contributed by atoms with Crippen LogP contribution in [0.5, 0.6) is 0 Å². The molecule has 0 aliphatic heterocycles. The summed E-state index contributed by atoms with van der Waals surface area (Å²) in [4.78, 5) is 23.9. The molecule has 3 nitrogen and oxygen atoms in total. The summed E-state index contributed by atoms with van der Waals surface area (Å²) >= 11 is 5.37. The van der Waals surface area contributed by atoms with E-state index in [0.29, 0.717) is 10.6 Å². The third kappa shape index (κ3) is 4.99. The first-order chi connectivity index (χ1) is 10.6. The Balaban J connectivity index is 1.84. The van der Waals surface area contributed by atoms with Crippen molar-refractivity contribution in [3.8, 4) is 0 Å². The number of hydrogen-bond acceptors (Lipinski definition) is 2. The minimum absolute atomic E-state index is 0.000600. The van der Waals surface area contributed by atoms with Crippen LogP contribution in [0.3, 0.4) is 0 Å². The van der Waals surface area contributed by atoms with Crippen molar-refractivity contribution in [2.24, 2.45) is 0 Å². The Hall–Kier alpha value is -1.61. The number of halogens is 1. The van der Waals surface area contributed by atoms with Gasteiger partial charge in [0.1, 0.15) is 0 Å². The zero-order valence-corrected chi connectivity index (χ0v) is 14.6. The van der Waals surface area contributed by atoms with Gasteiger partial charge in [0, 0.05) is 0 Å². The molecule has 5 heteroatoms. The van der Waals surface area contributed by atoms with E-state index in [-0.39, 0.29) is 15.9 Å². The van der Waals surface area contributed by atoms with Gasteiger partial charge in [0.2, 0.25) is 0 Å². The fourth-order valence-corrected chi connectivity index (χ4v) is 3.28. The Kier molecular flexibility index (Phi) is 6.20. The van der Waals surface area contributed by atoms with Crippen molar-refractivity contribution in [2.75, 3.05) is 5.32 Å². The molecule has 114 valence electrons. The maximum atomic E-state index is 12.0. The number of benzene rings is 2. The van der Waals surface area contributed by atoms with E-state index in [9.17, 15) is 9.59 Å². The number of carbonyl (C=O) groups is 2. The van der Waals surface area contributed by atoms with Crippen LogP contribution < -0.4 is 5.32 Å². The van der Waals surface area contributed by atoms with Gasteiger partial charge in [0.05, 0.1) is 0 Å². The molecule has 0 atom stereocenters. The van der Waals surface area contributed by atoms with Gasteiger partial charge in [0.25, 0.3) is 0 Å². The van der Waals surface area contributed by atoms with Crippen LogP contribution in [-0.4, -0.2) is 25.5 Å². The van der Waals surface area contributed by atoms with Gasteiger partial charge in [-0.05, 0) is 0 Å². The second kappa shape index (κ2) is 8.14. The Labute approximate surface area is 141 Å². The van der Waals surface area contributed by atoms with Crippen LogP contribution in [0.2, 0.25) is 10.3 Å². The molecular formula is C17H16ClNO2Se. The van der Waals surface area contributed by atoms with Gasteiger partial charge >= 0.3 is 141 Å². The van der Waals surface area contributed by atoms with E-state index >= 15 is 0 Å². The van der Waals surface area contributed by atoms with Gasteiger partial charge in [-0.15, -0.1) is 0 Å². The molecule has 0 aliphatic rings. The number of rotatable bonds is 6. The number of carbonyl (C=O) groups excluding carboxylic acids is 2. The Morgan fingerprint density at radius 3 is 2.27 bits per heavy atom. The van der Waals surface area contributed by atoms with Crippen molar-refractivity contribution in [1.82, 2.24) is 0 Å². The third-order valence-corrected chi connectivity index (χ3v) is 5.21. The van der Waals surface area contributed by atoms with Crippen molar-refractivity contribution in [3.63, 3.8) is 0 Å². The summed E-state index contributed by atoms with van der Waals surface area (Å²) in [7, 11) is 0. The molecular weight excluding hydrogens is 365 g/mol. The molecule has 0 saturated heterocycles. The van der Waals surface area contributed by atoms with Gasteiger partial charge in [-0.25, -0.2) is 0 Å². The molecule has 0 unspecified atom stereocenters. The third-order valence-electron chi connectivity index (χ3n) is 3.06. The van der Waals surface area contributed by atoms with Crippen molar-refractivity contribution in [1.29, 1.82) is 0 Å². The van der Waals surface area contributed by atoms with Gasteiger partial charge in [-0.2, -0.15) is 0 Å². The summed E-state index contributed by atoms with van der Waals surface area (Å²) < 4.78 is 0.000600. The average molecular weight is 381 g/mol. The minimum atomic E-state index is -0.415. The van der Waals surface area contributed by atoms with E-state index in [1.54, 1.807) is 24.3 Å². The Bertz CT molecular complexity index is 653. The molecule has 0 fully saturated rings. The van der Waals surface area contributed by atoms with Crippen molar-refractivity contribution >= 4 is 42.8 Å². The van der Waals surface area contributed by atoms with Gasteiger partial charge in [-0.1, -0.05) is 0 Å². The predicted octanol–water partition coefficient (Wildman–Crippen LogP) is 3.80. The molecule has 1 N–H and O–H groups in total. The fourth-order valence-electron chi connectivity index (χ4n) is 1.82. The quantitative estimate of drug-likeness (QED) is 0.775. The summed E-state index contributed by atoms with van der Waals surface area (Å²) in [6, 6.07) is 14.5. The Morgan fingerprint density at radius 1 is 1.05 bits per heavy atom. The first kappa shape index (κ1) is 16.8. The summed E-state index contributed by atoms with van der Waals surface area (Å²) in [6.45, 7) is 2.08. The van der Waals surface area contributed by atoms with Crippen molar-refractivity contribution < 1.29 is 9.59 Å². The van der Waals surface area contributed by atoms with E-state index in [1.807, 2.05) is 24.3 Å². The van der Waals surface area contributed by atoms with Gasteiger partial charge in [0.15, 0.2) is 0 Å². The van der Waals surface area contributed by atoms with E-state index in [4.69, 9.17) is 11.6 Å². The van der Waals surface area contributed by atoms with Crippen molar-refractivity contribution in [3.05, 3.63) is 64.7 Å². The van der Waals surface area contributed by atoms with Crippen LogP contribution in [0.4, 0.5) is 5.69 Å². The molecule has 1 amide bonds. The van der Waals surface area contributed by atoms with Crippen LogP contribution in [0, 0.1) is 0 Å². The average Bonchev–Trinajstić information content (AvgIpc) is 2.54. The zero-order chi connectivity index (χ0) is 15.9. The predicted molar refractivity (Wildman–Crippen MR) is 90.8 cm³/mol. The molecule has 0 heterocycles. The molecule has 0 aliphatic carbocycles. The number of amides is 1. The molecule has 0 saturated carbocycles. The van der Waals surface area contributed by atoms with Crippen molar-refractivity contribution in [2.45, 2.75) is 18.7 Å². The molecule has 22 heavy (non-hydrogen) atoms. The normalized spacial score (nSPS) is 10.3. The van der Waals surface area contributed by atoms with Crippen LogP contribution in [-0.2, 0) is 11.2 Å². The zero-order valence-electron chi connectivity index (χ0n) is 12.1.